The van der Waals surface area contributed by atoms with E-state index >= 15 is 0 Å². The van der Waals surface area contributed by atoms with Gasteiger partial charge in [-0.05, 0) is 18.8 Å². The molecule has 128 valence electrons. The summed E-state index contributed by atoms with van der Waals surface area (Å²) in [5.41, 5.74) is 0.936. The van der Waals surface area contributed by atoms with Crippen LogP contribution in [0.15, 0.2) is 28.4 Å². The summed E-state index contributed by atoms with van der Waals surface area (Å²) < 4.78 is 4.87. The van der Waals surface area contributed by atoms with E-state index in [1.807, 2.05) is 22.5 Å². The maximum absolute atomic E-state index is 12.6. The zero-order valence-corrected chi connectivity index (χ0v) is 14.2. The Morgan fingerprint density at radius 2 is 2.21 bits per heavy atom. The zero-order valence-electron chi connectivity index (χ0n) is 13.4. The predicted octanol–water partition coefficient (Wildman–Crippen LogP) is 2.11. The second kappa shape index (κ2) is 6.90. The Kier molecular flexibility index (Phi) is 4.48. The lowest BCUT2D eigenvalue weighted by molar-refractivity contribution is 0.131. The number of hydrogen-bond donors (Lipinski definition) is 1. The number of carbonyl (C=O) groups is 1. The Balaban J connectivity index is 1.29. The topological polar surface area (TPSA) is 74.5 Å². The third-order valence-electron chi connectivity index (χ3n) is 4.63. The number of aromatic nitrogens is 2. The minimum atomic E-state index is 0.0307. The molecule has 2 aromatic rings. The number of rotatable bonds is 5. The molecular weight excluding hydrogens is 326 g/mol. The fraction of sp³-hybridized carbons (Fsp3) is 0.562. The van der Waals surface area contributed by atoms with Crippen molar-refractivity contribution in [3.63, 3.8) is 0 Å². The van der Waals surface area contributed by atoms with Gasteiger partial charge < -0.3 is 14.7 Å². The molecule has 7 nitrogen and oxygen atoms in total. The molecule has 1 atom stereocenters. The van der Waals surface area contributed by atoms with Gasteiger partial charge in [0.1, 0.15) is 11.3 Å². The monoisotopic (exact) mass is 347 g/mol. The summed E-state index contributed by atoms with van der Waals surface area (Å²) in [4.78, 5) is 21.2. The van der Waals surface area contributed by atoms with E-state index in [2.05, 4.69) is 20.4 Å². The van der Waals surface area contributed by atoms with Crippen molar-refractivity contribution >= 4 is 17.4 Å². The van der Waals surface area contributed by atoms with Crippen molar-refractivity contribution in [1.82, 2.24) is 25.3 Å². The van der Waals surface area contributed by atoms with E-state index < -0.39 is 0 Å². The molecule has 2 aliphatic rings. The van der Waals surface area contributed by atoms with Crippen LogP contribution in [0.4, 0.5) is 4.79 Å². The quantitative estimate of drug-likeness (QED) is 0.897. The Hall–Kier alpha value is -1.93. The van der Waals surface area contributed by atoms with Crippen molar-refractivity contribution in [2.45, 2.75) is 25.4 Å². The summed E-state index contributed by atoms with van der Waals surface area (Å²) in [6.07, 6.45) is 5.76. The van der Waals surface area contributed by atoms with Crippen LogP contribution in [0.2, 0.25) is 0 Å². The van der Waals surface area contributed by atoms with Gasteiger partial charge in [0, 0.05) is 50.4 Å². The highest BCUT2D eigenvalue weighted by Crippen LogP contribution is 2.41. The maximum atomic E-state index is 12.6. The highest BCUT2D eigenvalue weighted by atomic mass is 32.1. The van der Waals surface area contributed by atoms with E-state index in [4.69, 9.17) is 4.52 Å². The van der Waals surface area contributed by atoms with E-state index in [0.29, 0.717) is 5.92 Å². The standard InChI is InChI=1S/C16H21N5O2S/c22-16(18-14(12-1-2-12)15-17-4-10-24-15)21-7-5-20(6-8-21)11-13-3-9-23-19-13/h3-4,9-10,12,14H,1-2,5-8,11H2,(H,18,22)/t14-/m0/s1. The molecule has 0 aromatic carbocycles. The van der Waals surface area contributed by atoms with Gasteiger partial charge in [0.2, 0.25) is 0 Å². The van der Waals surface area contributed by atoms with E-state index in [1.165, 1.54) is 12.8 Å². The summed E-state index contributed by atoms with van der Waals surface area (Å²) in [5, 5.41) is 10.1. The average molecular weight is 347 g/mol. The van der Waals surface area contributed by atoms with Crippen LogP contribution in [0, 0.1) is 5.92 Å². The van der Waals surface area contributed by atoms with E-state index in [1.54, 1.807) is 17.6 Å². The SMILES string of the molecule is O=C(N[C@H](c1nccs1)C1CC1)N1CCN(Cc2ccon2)CC1. The molecule has 2 amide bonds. The van der Waals surface area contributed by atoms with Crippen LogP contribution >= 0.6 is 11.3 Å². The fourth-order valence-electron chi connectivity index (χ4n) is 3.08. The van der Waals surface area contributed by atoms with Crippen molar-refractivity contribution in [3.05, 3.63) is 34.6 Å². The molecule has 3 heterocycles. The number of thiazole rings is 1. The molecule has 1 aliphatic heterocycles. The molecule has 4 rings (SSSR count). The number of urea groups is 1. The number of carbonyl (C=O) groups excluding carboxylic acids is 1. The lowest BCUT2D eigenvalue weighted by atomic mass is 10.2. The second-order valence-electron chi connectivity index (χ2n) is 6.39. The van der Waals surface area contributed by atoms with E-state index in [-0.39, 0.29) is 12.1 Å². The molecule has 2 fully saturated rings. The smallest absolute Gasteiger partial charge is 0.318 e. The van der Waals surface area contributed by atoms with Crippen molar-refractivity contribution in [2.75, 3.05) is 26.2 Å². The molecule has 0 radical (unpaired) electrons. The minimum absolute atomic E-state index is 0.0307. The first-order valence-corrected chi connectivity index (χ1v) is 9.24. The Morgan fingerprint density at radius 1 is 1.38 bits per heavy atom. The molecule has 8 heteroatoms. The van der Waals surface area contributed by atoms with Crippen LogP contribution in [0.3, 0.4) is 0 Å². The Bertz CT molecular complexity index is 648. The molecule has 1 saturated heterocycles. The van der Waals surface area contributed by atoms with Crippen molar-refractivity contribution < 1.29 is 9.32 Å². The Labute approximate surface area is 144 Å². The average Bonchev–Trinajstić information content (AvgIpc) is 3.07. The Morgan fingerprint density at radius 3 is 2.83 bits per heavy atom. The molecule has 0 unspecified atom stereocenters. The lowest BCUT2D eigenvalue weighted by Crippen LogP contribution is -2.52. The zero-order chi connectivity index (χ0) is 16.4. The van der Waals surface area contributed by atoms with Gasteiger partial charge in [0.05, 0.1) is 11.7 Å². The van der Waals surface area contributed by atoms with Crippen LogP contribution in [0.5, 0.6) is 0 Å². The number of amides is 2. The second-order valence-corrected chi connectivity index (χ2v) is 7.32. The van der Waals surface area contributed by atoms with Gasteiger partial charge >= 0.3 is 6.03 Å². The summed E-state index contributed by atoms with van der Waals surface area (Å²) in [6, 6.07) is 1.99. The third kappa shape index (κ3) is 3.59. The fourth-order valence-corrected chi connectivity index (χ4v) is 3.86. The van der Waals surface area contributed by atoms with Crippen LogP contribution in [0.25, 0.3) is 0 Å². The van der Waals surface area contributed by atoms with Gasteiger partial charge in [0.25, 0.3) is 0 Å². The summed E-state index contributed by atoms with van der Waals surface area (Å²) in [6.45, 7) is 3.95. The third-order valence-corrected chi connectivity index (χ3v) is 5.48. The van der Waals surface area contributed by atoms with Crippen molar-refractivity contribution in [1.29, 1.82) is 0 Å². The number of nitrogens with zero attached hydrogens (tertiary/aromatic N) is 4. The summed E-state index contributed by atoms with van der Waals surface area (Å²) >= 11 is 1.62. The van der Waals surface area contributed by atoms with Crippen molar-refractivity contribution in [3.8, 4) is 0 Å². The number of hydrogen-bond acceptors (Lipinski definition) is 6. The largest absolute Gasteiger partial charge is 0.364 e. The normalized spacial score (nSPS) is 20.1. The van der Waals surface area contributed by atoms with E-state index in [0.717, 1.165) is 43.4 Å². The van der Waals surface area contributed by atoms with E-state index in [9.17, 15) is 4.79 Å². The van der Waals surface area contributed by atoms with Crippen LogP contribution < -0.4 is 5.32 Å². The first kappa shape index (κ1) is 15.6. The number of piperazine rings is 1. The van der Waals surface area contributed by atoms with Gasteiger partial charge in [-0.2, -0.15) is 0 Å². The molecule has 1 aliphatic carbocycles. The molecule has 1 saturated carbocycles. The summed E-state index contributed by atoms with van der Waals surface area (Å²) in [5.74, 6) is 0.550. The first-order valence-electron chi connectivity index (χ1n) is 8.36. The molecular formula is C16H21N5O2S. The molecule has 1 N–H and O–H groups in total. The van der Waals surface area contributed by atoms with Crippen LogP contribution in [-0.2, 0) is 6.54 Å². The molecule has 24 heavy (non-hydrogen) atoms. The maximum Gasteiger partial charge on any atom is 0.318 e. The minimum Gasteiger partial charge on any atom is -0.364 e. The molecule has 0 spiro atoms. The van der Waals surface area contributed by atoms with Crippen LogP contribution in [0.1, 0.15) is 29.6 Å². The predicted molar refractivity (Wildman–Crippen MR) is 89.5 cm³/mol. The van der Waals surface area contributed by atoms with Gasteiger partial charge in [-0.1, -0.05) is 5.16 Å². The molecule has 0 bridgehead atoms. The van der Waals surface area contributed by atoms with Crippen molar-refractivity contribution in [2.24, 2.45) is 5.92 Å². The van der Waals surface area contributed by atoms with Gasteiger partial charge in [-0.15, -0.1) is 11.3 Å². The molecule has 2 aromatic heterocycles. The summed E-state index contributed by atoms with van der Waals surface area (Å²) in [7, 11) is 0. The highest BCUT2D eigenvalue weighted by molar-refractivity contribution is 7.09. The van der Waals surface area contributed by atoms with Gasteiger partial charge in [0.15, 0.2) is 0 Å². The first-order chi connectivity index (χ1) is 11.8. The van der Waals surface area contributed by atoms with Gasteiger partial charge in [-0.3, -0.25) is 4.90 Å². The highest BCUT2D eigenvalue weighted by Gasteiger charge is 2.36. The van der Waals surface area contributed by atoms with Crippen LogP contribution in [-0.4, -0.2) is 52.2 Å². The number of nitrogens with one attached hydrogen (secondary N) is 1. The lowest BCUT2D eigenvalue weighted by Gasteiger charge is -2.35. The van der Waals surface area contributed by atoms with Gasteiger partial charge in [-0.25, -0.2) is 9.78 Å².